The summed E-state index contributed by atoms with van der Waals surface area (Å²) in [6.45, 7) is 4.18. The first kappa shape index (κ1) is 16.5. The fourth-order valence-electron chi connectivity index (χ4n) is 2.19. The number of anilines is 2. The summed E-state index contributed by atoms with van der Waals surface area (Å²) in [7, 11) is 5.32. The minimum atomic E-state index is 0.770. The zero-order chi connectivity index (χ0) is 16.1. The molecule has 1 heterocycles. The molecule has 1 aromatic carbocycles. The summed E-state index contributed by atoms with van der Waals surface area (Å²) in [4.78, 5) is 7.79. The highest BCUT2D eigenvalue weighted by Gasteiger charge is 2.13. The van der Waals surface area contributed by atoms with Crippen LogP contribution in [0.1, 0.15) is 12.6 Å². The Morgan fingerprint density at radius 1 is 1.18 bits per heavy atom. The average Bonchev–Trinajstić information content (AvgIpc) is 2.55. The van der Waals surface area contributed by atoms with Crippen LogP contribution in [0.15, 0.2) is 35.4 Å². The number of benzene rings is 1. The topological polar surface area (TPSA) is 34.6 Å². The van der Waals surface area contributed by atoms with Gasteiger partial charge in [0.2, 0.25) is 0 Å². The van der Waals surface area contributed by atoms with Crippen LogP contribution in [0.4, 0.5) is 11.4 Å². The Morgan fingerprint density at radius 2 is 1.95 bits per heavy atom. The maximum Gasteiger partial charge on any atom is 0.146 e. The number of pyridine rings is 1. The van der Waals surface area contributed by atoms with Crippen LogP contribution in [0, 0.1) is 6.92 Å². The van der Waals surface area contributed by atoms with Crippen molar-refractivity contribution in [3.05, 3.63) is 36.2 Å². The van der Waals surface area contributed by atoms with E-state index >= 15 is 0 Å². The van der Waals surface area contributed by atoms with Crippen molar-refractivity contribution in [1.29, 1.82) is 0 Å². The molecule has 0 aliphatic rings. The van der Waals surface area contributed by atoms with E-state index < -0.39 is 0 Å². The highest BCUT2D eigenvalue weighted by molar-refractivity contribution is 7.99. The van der Waals surface area contributed by atoms with Gasteiger partial charge in [0.05, 0.1) is 37.5 Å². The van der Waals surface area contributed by atoms with Gasteiger partial charge in [-0.05, 0) is 30.9 Å². The predicted octanol–water partition coefficient (Wildman–Crippen LogP) is 4.29. The van der Waals surface area contributed by atoms with E-state index in [1.165, 1.54) is 4.90 Å². The normalized spacial score (nSPS) is 10.4. The maximum absolute atomic E-state index is 5.48. The van der Waals surface area contributed by atoms with Gasteiger partial charge in [0.15, 0.2) is 0 Å². The van der Waals surface area contributed by atoms with Gasteiger partial charge in [0, 0.05) is 18.0 Å². The largest absolute Gasteiger partial charge is 0.497 e. The Bertz CT molecular complexity index is 647. The number of thioether (sulfide) groups is 1. The predicted molar refractivity (Wildman–Crippen MR) is 93.0 cm³/mol. The van der Waals surface area contributed by atoms with Gasteiger partial charge in [0.25, 0.3) is 0 Å². The number of ether oxygens (including phenoxy) is 2. The summed E-state index contributed by atoms with van der Waals surface area (Å²) in [5, 5.41) is 0. The van der Waals surface area contributed by atoms with Crippen molar-refractivity contribution in [1.82, 2.24) is 4.98 Å². The maximum atomic E-state index is 5.48. The van der Waals surface area contributed by atoms with Crippen LogP contribution in [0.25, 0.3) is 0 Å². The molecule has 0 amide bonds. The minimum Gasteiger partial charge on any atom is -0.497 e. The third-order valence-corrected chi connectivity index (χ3v) is 4.47. The molecule has 118 valence electrons. The Kier molecular flexibility index (Phi) is 5.55. The van der Waals surface area contributed by atoms with Crippen LogP contribution in [0.2, 0.25) is 0 Å². The van der Waals surface area contributed by atoms with Crippen molar-refractivity contribution >= 4 is 23.1 Å². The van der Waals surface area contributed by atoms with Crippen LogP contribution < -0.4 is 14.4 Å². The van der Waals surface area contributed by atoms with E-state index in [-0.39, 0.29) is 0 Å². The van der Waals surface area contributed by atoms with E-state index in [9.17, 15) is 0 Å². The van der Waals surface area contributed by atoms with Gasteiger partial charge in [-0.2, -0.15) is 0 Å². The summed E-state index contributed by atoms with van der Waals surface area (Å²) < 4.78 is 10.7. The van der Waals surface area contributed by atoms with Crippen LogP contribution in [0.5, 0.6) is 11.5 Å². The first-order valence-electron chi connectivity index (χ1n) is 7.15. The molecule has 5 heteroatoms. The summed E-state index contributed by atoms with van der Waals surface area (Å²) in [6.07, 6.45) is 1.89. The van der Waals surface area contributed by atoms with Gasteiger partial charge in [-0.3, -0.25) is 4.98 Å². The quantitative estimate of drug-likeness (QED) is 0.742. The first-order valence-corrected chi connectivity index (χ1v) is 8.14. The molecule has 0 aliphatic heterocycles. The summed E-state index contributed by atoms with van der Waals surface area (Å²) in [5.74, 6) is 2.58. The van der Waals surface area contributed by atoms with E-state index in [0.717, 1.165) is 34.3 Å². The van der Waals surface area contributed by atoms with Crippen LogP contribution in [-0.4, -0.2) is 32.0 Å². The monoisotopic (exact) mass is 318 g/mol. The van der Waals surface area contributed by atoms with Gasteiger partial charge >= 0.3 is 0 Å². The summed E-state index contributed by atoms with van der Waals surface area (Å²) >= 11 is 1.80. The zero-order valence-corrected chi connectivity index (χ0v) is 14.5. The number of aryl methyl sites for hydroxylation is 1. The van der Waals surface area contributed by atoms with Gasteiger partial charge in [-0.1, -0.05) is 6.92 Å². The van der Waals surface area contributed by atoms with Crippen molar-refractivity contribution in [2.24, 2.45) is 0 Å². The molecule has 0 saturated carbocycles. The van der Waals surface area contributed by atoms with Gasteiger partial charge in [-0.15, -0.1) is 11.8 Å². The second-order valence-corrected chi connectivity index (χ2v) is 6.11. The number of methoxy groups -OCH3 is 2. The Balaban J connectivity index is 2.39. The lowest BCUT2D eigenvalue weighted by molar-refractivity contribution is 0.395. The molecule has 0 N–H and O–H groups in total. The average molecular weight is 318 g/mol. The van der Waals surface area contributed by atoms with Crippen LogP contribution >= 0.6 is 11.8 Å². The molecule has 2 rings (SSSR count). The van der Waals surface area contributed by atoms with Gasteiger partial charge in [0.1, 0.15) is 11.5 Å². The Hall–Kier alpha value is -1.88. The smallest absolute Gasteiger partial charge is 0.146 e. The molecule has 0 saturated heterocycles. The van der Waals surface area contributed by atoms with E-state index in [4.69, 9.17) is 9.47 Å². The third kappa shape index (κ3) is 3.47. The van der Waals surface area contributed by atoms with Crippen molar-refractivity contribution in [2.45, 2.75) is 18.7 Å². The number of aromatic nitrogens is 1. The molecule has 22 heavy (non-hydrogen) atoms. The summed E-state index contributed by atoms with van der Waals surface area (Å²) in [6, 6.07) is 7.97. The fourth-order valence-corrected chi connectivity index (χ4v) is 2.97. The van der Waals surface area contributed by atoms with Crippen molar-refractivity contribution in [3.8, 4) is 11.5 Å². The third-order valence-electron chi connectivity index (χ3n) is 3.46. The molecule has 0 spiro atoms. The molecule has 4 nitrogen and oxygen atoms in total. The zero-order valence-electron chi connectivity index (χ0n) is 13.7. The molecule has 0 radical (unpaired) electrons. The van der Waals surface area contributed by atoms with E-state index in [2.05, 4.69) is 22.9 Å². The second-order valence-electron chi connectivity index (χ2n) is 4.81. The standard InChI is InChI=1S/C17H22N2O2S/c1-6-22-17-9-13(11-18-12(17)2)19(3)15-8-7-14(20-4)10-16(15)21-5/h7-11H,6H2,1-5H3. The van der Waals surface area contributed by atoms with E-state index in [0.29, 0.717) is 0 Å². The van der Waals surface area contributed by atoms with Crippen molar-refractivity contribution < 1.29 is 9.47 Å². The SMILES string of the molecule is CCSc1cc(N(C)c2ccc(OC)cc2OC)cnc1C. The Morgan fingerprint density at radius 3 is 2.59 bits per heavy atom. The van der Waals surface area contributed by atoms with Crippen LogP contribution in [-0.2, 0) is 0 Å². The Labute approximate surface area is 136 Å². The summed E-state index contributed by atoms with van der Waals surface area (Å²) in [5.41, 5.74) is 3.07. The number of hydrogen-bond acceptors (Lipinski definition) is 5. The molecule has 1 aromatic heterocycles. The first-order chi connectivity index (χ1) is 10.6. The van der Waals surface area contributed by atoms with Crippen molar-refractivity contribution in [3.63, 3.8) is 0 Å². The van der Waals surface area contributed by atoms with E-state index in [1.54, 1.807) is 26.0 Å². The molecule has 2 aromatic rings. The van der Waals surface area contributed by atoms with Crippen molar-refractivity contribution in [2.75, 3.05) is 31.9 Å². The second kappa shape index (κ2) is 7.40. The minimum absolute atomic E-state index is 0.770. The molecular weight excluding hydrogens is 296 g/mol. The number of rotatable bonds is 6. The van der Waals surface area contributed by atoms with Crippen LogP contribution in [0.3, 0.4) is 0 Å². The fraction of sp³-hybridized carbons (Fsp3) is 0.353. The lowest BCUT2D eigenvalue weighted by Crippen LogP contribution is -2.11. The molecule has 0 aliphatic carbocycles. The van der Waals surface area contributed by atoms with Gasteiger partial charge < -0.3 is 14.4 Å². The molecule has 0 atom stereocenters. The number of nitrogens with zero attached hydrogens (tertiary/aromatic N) is 2. The molecule has 0 fully saturated rings. The number of hydrogen-bond donors (Lipinski definition) is 0. The highest BCUT2D eigenvalue weighted by atomic mass is 32.2. The highest BCUT2D eigenvalue weighted by Crippen LogP contribution is 2.36. The lowest BCUT2D eigenvalue weighted by Gasteiger charge is -2.23. The molecule has 0 bridgehead atoms. The van der Waals surface area contributed by atoms with E-state index in [1.807, 2.05) is 38.4 Å². The van der Waals surface area contributed by atoms with Gasteiger partial charge in [-0.25, -0.2) is 0 Å². The molecule has 0 unspecified atom stereocenters. The lowest BCUT2D eigenvalue weighted by atomic mass is 10.2. The molecular formula is C17H22N2O2S.